The summed E-state index contributed by atoms with van der Waals surface area (Å²) >= 11 is 0. The molecule has 1 rings (SSSR count). The molecule has 1 heterocycles. The monoisotopic (exact) mass is 258 g/mol. The van der Waals surface area contributed by atoms with Crippen molar-refractivity contribution < 1.29 is 19.4 Å². The van der Waals surface area contributed by atoms with Crippen molar-refractivity contribution in [1.29, 1.82) is 0 Å². The average molecular weight is 258 g/mol. The number of hydrogen-bond acceptors (Lipinski definition) is 3. The summed E-state index contributed by atoms with van der Waals surface area (Å²) in [6.45, 7) is 10.1. The first kappa shape index (κ1) is 15.4. The van der Waals surface area contributed by atoms with Crippen LogP contribution in [0, 0.1) is 11.3 Å². The standard InChI is InChI=1S/C14H26O4/c1-6-7-8-10-11(12(15)16)9(2)17-13(18-10)14(3,4)5/h9-11,13H,6-8H2,1-5H3,(H,15,16)/t9-,10+,11+,13-/m1/s1. The molecule has 1 aliphatic rings. The van der Waals surface area contributed by atoms with Crippen LogP contribution in [0.25, 0.3) is 0 Å². The van der Waals surface area contributed by atoms with E-state index < -0.39 is 11.9 Å². The molecule has 0 aromatic heterocycles. The Balaban J connectivity index is 2.80. The van der Waals surface area contributed by atoms with Gasteiger partial charge in [-0.05, 0) is 13.3 Å². The van der Waals surface area contributed by atoms with Gasteiger partial charge in [-0.1, -0.05) is 40.5 Å². The molecule has 4 heteroatoms. The molecule has 0 spiro atoms. The summed E-state index contributed by atoms with van der Waals surface area (Å²) in [7, 11) is 0. The zero-order valence-corrected chi connectivity index (χ0v) is 12.1. The minimum atomic E-state index is -0.823. The molecule has 0 bridgehead atoms. The van der Waals surface area contributed by atoms with E-state index in [0.717, 1.165) is 19.3 Å². The van der Waals surface area contributed by atoms with Gasteiger partial charge < -0.3 is 14.6 Å². The van der Waals surface area contributed by atoms with Gasteiger partial charge in [0, 0.05) is 5.41 Å². The van der Waals surface area contributed by atoms with E-state index in [9.17, 15) is 9.90 Å². The van der Waals surface area contributed by atoms with Crippen molar-refractivity contribution in [3.8, 4) is 0 Å². The van der Waals surface area contributed by atoms with Gasteiger partial charge in [0.15, 0.2) is 6.29 Å². The van der Waals surface area contributed by atoms with E-state index in [1.807, 2.05) is 27.7 Å². The molecular weight excluding hydrogens is 232 g/mol. The van der Waals surface area contributed by atoms with Crippen LogP contribution in [0.2, 0.25) is 0 Å². The topological polar surface area (TPSA) is 55.8 Å². The third-order valence-electron chi connectivity index (χ3n) is 3.38. The Morgan fingerprint density at radius 2 is 1.89 bits per heavy atom. The lowest BCUT2D eigenvalue weighted by Gasteiger charge is -2.43. The van der Waals surface area contributed by atoms with Crippen molar-refractivity contribution in [1.82, 2.24) is 0 Å². The largest absolute Gasteiger partial charge is 0.481 e. The molecule has 0 unspecified atom stereocenters. The molecular formula is C14H26O4. The van der Waals surface area contributed by atoms with Gasteiger partial charge in [0.1, 0.15) is 5.92 Å². The van der Waals surface area contributed by atoms with E-state index in [1.165, 1.54) is 0 Å². The molecule has 1 N–H and O–H groups in total. The Hall–Kier alpha value is -0.610. The minimum absolute atomic E-state index is 0.137. The van der Waals surface area contributed by atoms with E-state index in [0.29, 0.717) is 0 Å². The fourth-order valence-electron chi connectivity index (χ4n) is 2.28. The molecule has 0 radical (unpaired) electrons. The molecule has 4 atom stereocenters. The normalized spacial score (nSPS) is 33.4. The second-order valence-corrected chi connectivity index (χ2v) is 6.22. The van der Waals surface area contributed by atoms with Gasteiger partial charge in [0.2, 0.25) is 0 Å². The highest BCUT2D eigenvalue weighted by molar-refractivity contribution is 5.71. The highest BCUT2D eigenvalue weighted by Crippen LogP contribution is 2.35. The van der Waals surface area contributed by atoms with Gasteiger partial charge in [-0.15, -0.1) is 0 Å². The third-order valence-corrected chi connectivity index (χ3v) is 3.38. The minimum Gasteiger partial charge on any atom is -0.481 e. The van der Waals surface area contributed by atoms with E-state index in [4.69, 9.17) is 9.47 Å². The maximum Gasteiger partial charge on any atom is 0.311 e. The molecule has 1 fully saturated rings. The summed E-state index contributed by atoms with van der Waals surface area (Å²) in [5, 5.41) is 9.31. The van der Waals surface area contributed by atoms with E-state index in [2.05, 4.69) is 6.92 Å². The lowest BCUT2D eigenvalue weighted by molar-refractivity contribution is -0.296. The van der Waals surface area contributed by atoms with Crippen LogP contribution in [-0.2, 0) is 14.3 Å². The maximum absolute atomic E-state index is 11.3. The Morgan fingerprint density at radius 3 is 2.33 bits per heavy atom. The maximum atomic E-state index is 11.3. The van der Waals surface area contributed by atoms with Crippen LogP contribution >= 0.6 is 0 Å². The van der Waals surface area contributed by atoms with E-state index in [1.54, 1.807) is 0 Å². The van der Waals surface area contributed by atoms with Gasteiger partial charge >= 0.3 is 5.97 Å². The predicted molar refractivity (Wildman–Crippen MR) is 69.3 cm³/mol. The highest BCUT2D eigenvalue weighted by atomic mass is 16.7. The Labute approximate surface area is 110 Å². The van der Waals surface area contributed by atoms with Gasteiger partial charge in [-0.25, -0.2) is 0 Å². The van der Waals surface area contributed by atoms with Crippen molar-refractivity contribution >= 4 is 5.97 Å². The third kappa shape index (κ3) is 3.69. The fraction of sp³-hybridized carbons (Fsp3) is 0.929. The van der Waals surface area contributed by atoms with Gasteiger partial charge in [-0.2, -0.15) is 0 Å². The lowest BCUT2D eigenvalue weighted by Crippen LogP contribution is -2.52. The van der Waals surface area contributed by atoms with Crippen molar-refractivity contribution in [2.45, 2.75) is 72.4 Å². The van der Waals surface area contributed by atoms with Crippen LogP contribution in [0.15, 0.2) is 0 Å². The quantitative estimate of drug-likeness (QED) is 0.842. The first-order valence-corrected chi connectivity index (χ1v) is 6.81. The summed E-state index contributed by atoms with van der Waals surface area (Å²) in [6, 6.07) is 0. The summed E-state index contributed by atoms with van der Waals surface area (Å²) in [5.74, 6) is -1.38. The van der Waals surface area contributed by atoms with Gasteiger partial charge in [0.25, 0.3) is 0 Å². The summed E-state index contributed by atoms with van der Waals surface area (Å²) in [6.07, 6.45) is 1.94. The van der Waals surface area contributed by atoms with Crippen LogP contribution in [0.3, 0.4) is 0 Å². The summed E-state index contributed by atoms with van der Waals surface area (Å²) in [4.78, 5) is 11.3. The molecule has 1 saturated heterocycles. The number of carbonyl (C=O) groups is 1. The second-order valence-electron chi connectivity index (χ2n) is 6.22. The number of carboxylic acids is 1. The molecule has 1 aliphatic heterocycles. The average Bonchev–Trinajstić information content (AvgIpc) is 2.23. The number of aliphatic carboxylic acids is 1. The number of hydrogen-bond donors (Lipinski definition) is 1. The molecule has 0 aliphatic carbocycles. The second kappa shape index (κ2) is 6.02. The van der Waals surface area contributed by atoms with Gasteiger partial charge in [-0.3, -0.25) is 4.79 Å². The van der Waals surface area contributed by atoms with Crippen molar-refractivity contribution in [3.63, 3.8) is 0 Å². The zero-order chi connectivity index (χ0) is 13.9. The molecule has 4 nitrogen and oxygen atoms in total. The van der Waals surface area contributed by atoms with Crippen LogP contribution in [-0.4, -0.2) is 29.6 Å². The van der Waals surface area contributed by atoms with Crippen LogP contribution in [0.5, 0.6) is 0 Å². The van der Waals surface area contributed by atoms with E-state index in [-0.39, 0.29) is 23.9 Å². The Bertz CT molecular complexity index is 282. The van der Waals surface area contributed by atoms with E-state index >= 15 is 0 Å². The van der Waals surface area contributed by atoms with Crippen LogP contribution in [0.4, 0.5) is 0 Å². The van der Waals surface area contributed by atoms with Gasteiger partial charge in [0.05, 0.1) is 12.2 Å². The zero-order valence-electron chi connectivity index (χ0n) is 12.1. The smallest absolute Gasteiger partial charge is 0.311 e. The molecule has 106 valence electrons. The number of rotatable bonds is 4. The van der Waals surface area contributed by atoms with Crippen molar-refractivity contribution in [3.05, 3.63) is 0 Å². The Kier molecular flexibility index (Phi) is 5.17. The highest BCUT2D eigenvalue weighted by Gasteiger charge is 2.44. The summed E-state index contributed by atoms with van der Waals surface area (Å²) < 4.78 is 11.6. The molecule has 0 amide bonds. The lowest BCUT2D eigenvalue weighted by atomic mass is 9.88. The number of carboxylic acid groups (broad SMARTS) is 1. The SMILES string of the molecule is CCCC[C@@H]1O[C@H](C(C)(C)C)O[C@H](C)[C@@H]1C(=O)O. The fourth-order valence-corrected chi connectivity index (χ4v) is 2.28. The molecule has 0 aromatic rings. The van der Waals surface area contributed by atoms with Crippen LogP contribution < -0.4 is 0 Å². The Morgan fingerprint density at radius 1 is 1.28 bits per heavy atom. The number of unbranched alkanes of at least 4 members (excludes halogenated alkanes) is 1. The van der Waals surface area contributed by atoms with Crippen molar-refractivity contribution in [2.24, 2.45) is 11.3 Å². The first-order chi connectivity index (χ1) is 8.27. The summed E-state index contributed by atoms with van der Waals surface area (Å²) in [5.41, 5.74) is -0.137. The molecule has 0 aromatic carbocycles. The van der Waals surface area contributed by atoms with Crippen molar-refractivity contribution in [2.75, 3.05) is 0 Å². The predicted octanol–water partition coefficient (Wildman–Crippen LogP) is 3.05. The van der Waals surface area contributed by atoms with Crippen LogP contribution in [0.1, 0.15) is 53.9 Å². The molecule has 0 saturated carbocycles. The first-order valence-electron chi connectivity index (χ1n) is 6.81. The molecule has 18 heavy (non-hydrogen) atoms. The number of ether oxygens (including phenoxy) is 2.